The number of nitrogens with zero attached hydrogens (tertiary/aromatic N) is 1. The first-order chi connectivity index (χ1) is 3.83. The Morgan fingerprint density at radius 1 is 1.75 bits per heavy atom. The second-order valence-corrected chi connectivity index (χ2v) is 2.84. The van der Waals surface area contributed by atoms with Crippen molar-refractivity contribution in [3.8, 4) is 0 Å². The van der Waals surface area contributed by atoms with Crippen molar-refractivity contribution in [1.29, 1.82) is 0 Å². The summed E-state index contributed by atoms with van der Waals surface area (Å²) in [6.07, 6.45) is 1.89. The molecule has 1 radical (unpaired) electrons. The van der Waals surface area contributed by atoms with E-state index in [1.165, 1.54) is 4.78 Å². The average molecular weight is 124 g/mol. The third-order valence-corrected chi connectivity index (χ3v) is 1.90. The van der Waals surface area contributed by atoms with Crippen molar-refractivity contribution in [3.63, 3.8) is 0 Å². The fraction of sp³-hybridized carbons (Fsp3) is 0.400. The molecule has 1 heterocycles. The third kappa shape index (κ3) is 1.10. The molecule has 0 aliphatic carbocycles. The monoisotopic (exact) mass is 124 g/mol. The zero-order valence-corrected chi connectivity index (χ0v) is 5.83. The molecule has 3 heteroatoms. The van der Waals surface area contributed by atoms with E-state index in [1.807, 2.05) is 19.9 Å². The van der Waals surface area contributed by atoms with E-state index in [1.54, 1.807) is 11.3 Å². The van der Waals surface area contributed by atoms with E-state index < -0.39 is 0 Å². The first-order valence-electron chi connectivity index (χ1n) is 2.54. The molecule has 41 valence electrons. The van der Waals surface area contributed by atoms with Gasteiger partial charge in [-0.1, -0.05) is 6.82 Å². The summed E-state index contributed by atoms with van der Waals surface area (Å²) < 4.78 is 1.25. The Hall–Kier alpha value is -0.305. The van der Waals surface area contributed by atoms with E-state index >= 15 is 0 Å². The molecule has 0 bridgehead atoms. The molecule has 0 fully saturated rings. The maximum atomic E-state index is 4.07. The lowest BCUT2D eigenvalue weighted by molar-refractivity contribution is 1.30. The van der Waals surface area contributed by atoms with Crippen LogP contribution in [-0.2, 0) is 0 Å². The van der Waals surface area contributed by atoms with Crippen molar-refractivity contribution in [2.45, 2.75) is 13.7 Å². The van der Waals surface area contributed by atoms with Gasteiger partial charge in [0.25, 0.3) is 0 Å². The molecule has 0 unspecified atom stereocenters. The van der Waals surface area contributed by atoms with Crippen molar-refractivity contribution < 1.29 is 0 Å². The zero-order valence-electron chi connectivity index (χ0n) is 5.01. The number of hydrogen-bond acceptors (Lipinski definition) is 2. The van der Waals surface area contributed by atoms with Crippen LogP contribution in [0.1, 0.15) is 5.01 Å². The van der Waals surface area contributed by atoms with Gasteiger partial charge in [-0.25, -0.2) is 0 Å². The summed E-state index contributed by atoms with van der Waals surface area (Å²) in [5.41, 5.74) is 0. The summed E-state index contributed by atoms with van der Waals surface area (Å²) >= 11 is 1.72. The van der Waals surface area contributed by atoms with Gasteiger partial charge in [-0.05, 0) is 11.7 Å². The number of hydrogen-bond donors (Lipinski definition) is 0. The Balaban J connectivity index is 2.84. The fourth-order valence-corrected chi connectivity index (χ4v) is 1.18. The standard InChI is InChI=1S/C5H7BNS/c1-4-7-3-5(6-2)8-4/h3H,1-2H3. The molecule has 0 spiro atoms. The van der Waals surface area contributed by atoms with Crippen molar-refractivity contribution in [2.24, 2.45) is 0 Å². The van der Waals surface area contributed by atoms with E-state index in [0.29, 0.717) is 0 Å². The molecule has 8 heavy (non-hydrogen) atoms. The van der Waals surface area contributed by atoms with Gasteiger partial charge in [0, 0.05) is 6.20 Å². The minimum atomic E-state index is 1.14. The van der Waals surface area contributed by atoms with Crippen LogP contribution in [0, 0.1) is 6.92 Å². The van der Waals surface area contributed by atoms with Crippen LogP contribution in [0.2, 0.25) is 6.82 Å². The van der Waals surface area contributed by atoms with Gasteiger partial charge in [0.1, 0.15) is 0 Å². The number of thiazole rings is 1. The normalized spacial score (nSPS) is 9.25. The van der Waals surface area contributed by atoms with Crippen molar-refractivity contribution in [1.82, 2.24) is 4.98 Å². The fourth-order valence-electron chi connectivity index (χ4n) is 0.511. The summed E-state index contributed by atoms with van der Waals surface area (Å²) in [6, 6.07) is 0. The molecule has 0 saturated carbocycles. The Bertz CT molecular complexity index is 173. The lowest BCUT2D eigenvalue weighted by Crippen LogP contribution is -2.02. The van der Waals surface area contributed by atoms with Crippen molar-refractivity contribution in [3.05, 3.63) is 11.2 Å². The Labute approximate surface area is 54.0 Å². The molecule has 0 saturated heterocycles. The predicted molar refractivity (Wildman–Crippen MR) is 38.1 cm³/mol. The molecule has 1 aromatic rings. The van der Waals surface area contributed by atoms with Crippen LogP contribution in [0.3, 0.4) is 0 Å². The SMILES string of the molecule is C[B]c1cnc(C)s1. The van der Waals surface area contributed by atoms with Gasteiger partial charge >= 0.3 is 0 Å². The van der Waals surface area contributed by atoms with Gasteiger partial charge in [-0.15, -0.1) is 11.3 Å². The summed E-state index contributed by atoms with van der Waals surface area (Å²) in [7, 11) is 2.06. The van der Waals surface area contributed by atoms with Crippen LogP contribution >= 0.6 is 11.3 Å². The van der Waals surface area contributed by atoms with E-state index in [-0.39, 0.29) is 0 Å². The lowest BCUT2D eigenvalue weighted by Gasteiger charge is -1.76. The lowest BCUT2D eigenvalue weighted by atomic mass is 9.81. The van der Waals surface area contributed by atoms with Gasteiger partial charge in [0.05, 0.1) is 5.01 Å². The van der Waals surface area contributed by atoms with Gasteiger partial charge in [0.2, 0.25) is 0 Å². The highest BCUT2D eigenvalue weighted by Gasteiger charge is 1.92. The van der Waals surface area contributed by atoms with Gasteiger partial charge in [0.15, 0.2) is 7.28 Å². The highest BCUT2D eigenvalue weighted by atomic mass is 32.1. The van der Waals surface area contributed by atoms with E-state index in [2.05, 4.69) is 12.3 Å². The van der Waals surface area contributed by atoms with Crippen LogP contribution in [0.15, 0.2) is 6.20 Å². The number of rotatable bonds is 1. The maximum absolute atomic E-state index is 4.07. The topological polar surface area (TPSA) is 12.9 Å². The maximum Gasteiger partial charge on any atom is 0.164 e. The van der Waals surface area contributed by atoms with Gasteiger partial charge in [-0.3, -0.25) is 4.98 Å². The van der Waals surface area contributed by atoms with Crippen LogP contribution < -0.4 is 4.78 Å². The predicted octanol–water partition coefficient (Wildman–Crippen LogP) is 0.829. The highest BCUT2D eigenvalue weighted by Crippen LogP contribution is 1.96. The molecule has 0 amide bonds. The van der Waals surface area contributed by atoms with Crippen LogP contribution in [0.4, 0.5) is 0 Å². The Kier molecular flexibility index (Phi) is 1.68. The zero-order chi connectivity index (χ0) is 5.98. The molecule has 1 rings (SSSR count). The summed E-state index contributed by atoms with van der Waals surface area (Å²) in [4.78, 5) is 4.07. The van der Waals surface area contributed by atoms with Crippen LogP contribution in [-0.4, -0.2) is 12.3 Å². The van der Waals surface area contributed by atoms with Gasteiger partial charge < -0.3 is 0 Å². The molecule has 1 aromatic heterocycles. The molecule has 0 aromatic carbocycles. The molecule has 0 atom stereocenters. The van der Waals surface area contributed by atoms with Crippen LogP contribution in [0.5, 0.6) is 0 Å². The smallest absolute Gasteiger partial charge is 0.164 e. The minimum Gasteiger partial charge on any atom is -0.251 e. The summed E-state index contributed by atoms with van der Waals surface area (Å²) in [5, 5.41) is 1.14. The van der Waals surface area contributed by atoms with E-state index in [0.717, 1.165) is 5.01 Å². The average Bonchev–Trinajstić information content (AvgIpc) is 2.14. The molecule has 0 N–H and O–H groups in total. The summed E-state index contributed by atoms with van der Waals surface area (Å²) in [6.45, 7) is 4.03. The summed E-state index contributed by atoms with van der Waals surface area (Å²) in [5.74, 6) is 0. The number of aryl methyl sites for hydroxylation is 1. The molecule has 0 aliphatic rings. The Morgan fingerprint density at radius 3 is 2.75 bits per heavy atom. The molecular weight excluding hydrogens is 117 g/mol. The van der Waals surface area contributed by atoms with E-state index in [4.69, 9.17) is 0 Å². The second-order valence-electron chi connectivity index (χ2n) is 1.57. The highest BCUT2D eigenvalue weighted by molar-refractivity contribution is 7.20. The van der Waals surface area contributed by atoms with E-state index in [9.17, 15) is 0 Å². The minimum absolute atomic E-state index is 1.14. The van der Waals surface area contributed by atoms with Crippen molar-refractivity contribution >= 4 is 23.4 Å². The van der Waals surface area contributed by atoms with Gasteiger partial charge in [-0.2, -0.15) is 0 Å². The number of aromatic nitrogens is 1. The Morgan fingerprint density at radius 2 is 2.50 bits per heavy atom. The van der Waals surface area contributed by atoms with Crippen LogP contribution in [0.25, 0.3) is 0 Å². The first-order valence-corrected chi connectivity index (χ1v) is 3.36. The quantitative estimate of drug-likeness (QED) is 0.505. The third-order valence-electron chi connectivity index (χ3n) is 0.924. The molecule has 0 aliphatic heterocycles. The first kappa shape index (κ1) is 5.82. The molecule has 1 nitrogen and oxygen atoms in total. The largest absolute Gasteiger partial charge is 0.251 e. The van der Waals surface area contributed by atoms with Crippen molar-refractivity contribution in [2.75, 3.05) is 0 Å². The second kappa shape index (κ2) is 2.31. The molecular formula is C5H7BNS.